The molecular formula is C10H10FNO2S. The second-order valence-corrected chi connectivity index (χ2v) is 5.30. The van der Waals surface area contributed by atoms with Gasteiger partial charge in [0.15, 0.2) is 9.84 Å². The minimum Gasteiger partial charge on any atom is -0.224 e. The van der Waals surface area contributed by atoms with E-state index < -0.39 is 21.6 Å². The lowest BCUT2D eigenvalue weighted by Gasteiger charge is -2.04. The summed E-state index contributed by atoms with van der Waals surface area (Å²) < 4.78 is 35.8. The molecule has 0 amide bonds. The second kappa shape index (κ2) is 4.41. The Bertz CT molecular complexity index is 473. The standard InChI is InChI=1S/C10H10FNO2S/c1-8(6-12)7-15(13,14)10-4-2-9(11)3-5-10/h2-5,8H,7H2,1H3. The normalized spacial score (nSPS) is 13.1. The van der Waals surface area contributed by atoms with E-state index in [0.29, 0.717) is 0 Å². The van der Waals surface area contributed by atoms with Crippen LogP contribution in [-0.4, -0.2) is 14.2 Å². The molecule has 0 saturated carbocycles. The summed E-state index contributed by atoms with van der Waals surface area (Å²) in [5.41, 5.74) is 0. The molecule has 15 heavy (non-hydrogen) atoms. The van der Waals surface area contributed by atoms with Crippen molar-refractivity contribution in [2.45, 2.75) is 11.8 Å². The van der Waals surface area contributed by atoms with Crippen molar-refractivity contribution in [3.05, 3.63) is 30.1 Å². The van der Waals surface area contributed by atoms with Crippen LogP contribution in [0.2, 0.25) is 0 Å². The Morgan fingerprint density at radius 2 is 1.93 bits per heavy atom. The van der Waals surface area contributed by atoms with Crippen molar-refractivity contribution in [2.75, 3.05) is 5.75 Å². The van der Waals surface area contributed by atoms with Crippen LogP contribution in [0.1, 0.15) is 6.92 Å². The highest BCUT2D eigenvalue weighted by Crippen LogP contribution is 2.14. The molecule has 0 spiro atoms. The molecule has 0 aliphatic rings. The molecule has 1 aromatic carbocycles. The molecule has 0 fully saturated rings. The quantitative estimate of drug-likeness (QED) is 0.739. The van der Waals surface area contributed by atoms with E-state index in [1.165, 1.54) is 19.1 Å². The van der Waals surface area contributed by atoms with Crippen LogP contribution < -0.4 is 0 Å². The molecule has 1 rings (SSSR count). The molecule has 80 valence electrons. The van der Waals surface area contributed by atoms with E-state index in [9.17, 15) is 12.8 Å². The Hall–Kier alpha value is -1.41. The molecule has 1 aromatic rings. The van der Waals surface area contributed by atoms with E-state index in [1.54, 1.807) is 0 Å². The maximum atomic E-state index is 12.6. The molecule has 0 N–H and O–H groups in total. The Balaban J connectivity index is 2.98. The van der Waals surface area contributed by atoms with Crippen LogP contribution in [0.4, 0.5) is 4.39 Å². The van der Waals surface area contributed by atoms with Gasteiger partial charge in [-0.2, -0.15) is 5.26 Å². The Morgan fingerprint density at radius 1 is 1.40 bits per heavy atom. The number of nitriles is 1. The fraction of sp³-hybridized carbons (Fsp3) is 0.300. The summed E-state index contributed by atoms with van der Waals surface area (Å²) >= 11 is 0. The van der Waals surface area contributed by atoms with Gasteiger partial charge in [0.25, 0.3) is 0 Å². The fourth-order valence-corrected chi connectivity index (χ4v) is 2.58. The molecule has 0 heterocycles. The zero-order valence-corrected chi connectivity index (χ0v) is 8.96. The van der Waals surface area contributed by atoms with Crippen molar-refractivity contribution >= 4 is 9.84 Å². The highest BCUT2D eigenvalue weighted by atomic mass is 32.2. The van der Waals surface area contributed by atoms with Crippen LogP contribution in [0, 0.1) is 23.1 Å². The van der Waals surface area contributed by atoms with Crippen molar-refractivity contribution in [3.63, 3.8) is 0 Å². The second-order valence-electron chi connectivity index (χ2n) is 3.27. The van der Waals surface area contributed by atoms with Gasteiger partial charge in [0.2, 0.25) is 0 Å². The average Bonchev–Trinajstić information content (AvgIpc) is 2.17. The lowest BCUT2D eigenvalue weighted by Crippen LogP contribution is -2.12. The number of halogens is 1. The molecule has 5 heteroatoms. The van der Waals surface area contributed by atoms with Gasteiger partial charge >= 0.3 is 0 Å². The number of benzene rings is 1. The van der Waals surface area contributed by atoms with Crippen LogP contribution in [0.3, 0.4) is 0 Å². The zero-order valence-electron chi connectivity index (χ0n) is 8.14. The van der Waals surface area contributed by atoms with Gasteiger partial charge in [0.1, 0.15) is 5.82 Å². The first-order valence-electron chi connectivity index (χ1n) is 4.33. The summed E-state index contributed by atoms with van der Waals surface area (Å²) in [6, 6.07) is 6.43. The average molecular weight is 227 g/mol. The number of hydrogen-bond donors (Lipinski definition) is 0. The van der Waals surface area contributed by atoms with Gasteiger partial charge < -0.3 is 0 Å². The highest BCUT2D eigenvalue weighted by molar-refractivity contribution is 7.91. The third-order valence-corrected chi connectivity index (χ3v) is 3.79. The first-order valence-corrected chi connectivity index (χ1v) is 5.99. The van der Waals surface area contributed by atoms with Crippen LogP contribution in [0.15, 0.2) is 29.2 Å². The highest BCUT2D eigenvalue weighted by Gasteiger charge is 2.17. The largest absolute Gasteiger partial charge is 0.224 e. The maximum Gasteiger partial charge on any atom is 0.179 e. The smallest absolute Gasteiger partial charge is 0.179 e. The van der Waals surface area contributed by atoms with Gasteiger partial charge in [-0.1, -0.05) is 0 Å². The van der Waals surface area contributed by atoms with Crippen LogP contribution in [-0.2, 0) is 9.84 Å². The molecule has 1 atom stereocenters. The predicted octanol–water partition coefficient (Wildman–Crippen LogP) is 1.76. The zero-order chi connectivity index (χ0) is 11.5. The van der Waals surface area contributed by atoms with E-state index in [-0.39, 0.29) is 10.6 Å². The molecule has 0 radical (unpaired) electrons. The number of nitrogens with zero attached hydrogens (tertiary/aromatic N) is 1. The lowest BCUT2D eigenvalue weighted by molar-refractivity contribution is 0.588. The van der Waals surface area contributed by atoms with Gasteiger partial charge in [-0.15, -0.1) is 0 Å². The topological polar surface area (TPSA) is 57.9 Å². The first kappa shape index (κ1) is 11.7. The van der Waals surface area contributed by atoms with E-state index in [4.69, 9.17) is 5.26 Å². The predicted molar refractivity (Wildman–Crippen MR) is 53.2 cm³/mol. The van der Waals surface area contributed by atoms with E-state index in [1.807, 2.05) is 6.07 Å². The Labute approximate surface area is 88.1 Å². The van der Waals surface area contributed by atoms with E-state index in [2.05, 4.69) is 0 Å². The van der Waals surface area contributed by atoms with Gasteiger partial charge in [-0.05, 0) is 31.2 Å². The molecule has 0 bridgehead atoms. The monoisotopic (exact) mass is 227 g/mol. The lowest BCUT2D eigenvalue weighted by atomic mass is 10.3. The third-order valence-electron chi connectivity index (χ3n) is 1.86. The van der Waals surface area contributed by atoms with Crippen LogP contribution in [0.25, 0.3) is 0 Å². The summed E-state index contributed by atoms with van der Waals surface area (Å²) in [6.45, 7) is 1.53. The summed E-state index contributed by atoms with van der Waals surface area (Å²) in [5, 5.41) is 8.51. The molecular weight excluding hydrogens is 217 g/mol. The third kappa shape index (κ3) is 3.03. The molecule has 0 aromatic heterocycles. The van der Waals surface area contributed by atoms with Gasteiger partial charge in [0.05, 0.1) is 22.6 Å². The number of sulfone groups is 1. The van der Waals surface area contributed by atoms with Gasteiger partial charge in [0, 0.05) is 0 Å². The SMILES string of the molecule is CC(C#N)CS(=O)(=O)c1ccc(F)cc1. The van der Waals surface area contributed by atoms with Crippen molar-refractivity contribution < 1.29 is 12.8 Å². The van der Waals surface area contributed by atoms with Gasteiger partial charge in [-0.3, -0.25) is 0 Å². The van der Waals surface area contributed by atoms with Crippen molar-refractivity contribution in [3.8, 4) is 6.07 Å². The summed E-state index contributed by atoms with van der Waals surface area (Å²) in [5.74, 6) is -1.29. The minimum atomic E-state index is -3.48. The van der Waals surface area contributed by atoms with Crippen molar-refractivity contribution in [1.82, 2.24) is 0 Å². The summed E-state index contributed by atoms with van der Waals surface area (Å²) in [4.78, 5) is 0.0472. The summed E-state index contributed by atoms with van der Waals surface area (Å²) in [6.07, 6.45) is 0. The molecule has 0 aliphatic heterocycles. The van der Waals surface area contributed by atoms with E-state index in [0.717, 1.165) is 12.1 Å². The van der Waals surface area contributed by atoms with Crippen molar-refractivity contribution in [2.24, 2.45) is 5.92 Å². The number of hydrogen-bond acceptors (Lipinski definition) is 3. The van der Waals surface area contributed by atoms with Gasteiger partial charge in [-0.25, -0.2) is 12.8 Å². The molecule has 1 unspecified atom stereocenters. The Kier molecular flexibility index (Phi) is 3.43. The Morgan fingerprint density at radius 3 is 2.40 bits per heavy atom. The van der Waals surface area contributed by atoms with Crippen molar-refractivity contribution in [1.29, 1.82) is 5.26 Å². The van der Waals surface area contributed by atoms with E-state index >= 15 is 0 Å². The van der Waals surface area contributed by atoms with Crippen LogP contribution >= 0.6 is 0 Å². The molecule has 3 nitrogen and oxygen atoms in total. The molecule has 0 saturated heterocycles. The minimum absolute atomic E-state index is 0.0472. The first-order chi connectivity index (χ1) is 6.95. The summed E-state index contributed by atoms with van der Waals surface area (Å²) in [7, 11) is -3.48. The number of rotatable bonds is 3. The fourth-order valence-electron chi connectivity index (χ4n) is 1.10. The maximum absolute atomic E-state index is 12.6. The van der Waals surface area contributed by atoms with Crippen LogP contribution in [0.5, 0.6) is 0 Å². The molecule has 0 aliphatic carbocycles.